The van der Waals surface area contributed by atoms with Gasteiger partial charge < -0.3 is 5.32 Å². The smallest absolute Gasteiger partial charge is 0.237 e. The van der Waals surface area contributed by atoms with Crippen molar-refractivity contribution in [1.82, 2.24) is 9.97 Å². The molecule has 4 atom stereocenters. The molecule has 1 amide bonds. The molecule has 2 aromatic rings. The predicted molar refractivity (Wildman–Crippen MR) is 127 cm³/mol. The lowest BCUT2D eigenvalue weighted by molar-refractivity contribution is -0.115. The Morgan fingerprint density at radius 2 is 2.07 bits per heavy atom. The maximum Gasteiger partial charge on any atom is 0.237 e. The van der Waals surface area contributed by atoms with Crippen molar-refractivity contribution in [1.29, 1.82) is 0 Å². The molecule has 1 aromatic heterocycles. The first-order valence-corrected chi connectivity index (χ1v) is 12.8. The normalized spacial score (nSPS) is 23.7. The zero-order chi connectivity index (χ0) is 21.3. The van der Waals surface area contributed by atoms with Crippen LogP contribution in [0.25, 0.3) is 0 Å². The summed E-state index contributed by atoms with van der Waals surface area (Å²) < 4.78 is 0. The third kappa shape index (κ3) is 4.40. The Morgan fingerprint density at radius 1 is 1.27 bits per heavy atom. The number of fused-ring (bicyclic) bond motifs is 3. The van der Waals surface area contributed by atoms with Crippen LogP contribution in [-0.2, 0) is 4.79 Å². The molecule has 1 saturated carbocycles. The number of hydrogen-bond acceptors (Lipinski definition) is 5. The Labute approximate surface area is 188 Å². The number of carbonyl (C=O) groups excluding carboxylic acids is 1. The van der Waals surface area contributed by atoms with Gasteiger partial charge >= 0.3 is 0 Å². The van der Waals surface area contributed by atoms with Gasteiger partial charge in [0.25, 0.3) is 0 Å². The average molecular weight is 442 g/mol. The van der Waals surface area contributed by atoms with Gasteiger partial charge in [0.1, 0.15) is 16.4 Å². The van der Waals surface area contributed by atoms with Crippen LogP contribution in [0.5, 0.6) is 0 Å². The Kier molecular flexibility index (Phi) is 6.73. The summed E-state index contributed by atoms with van der Waals surface area (Å²) in [5.74, 6) is 1.74. The van der Waals surface area contributed by atoms with E-state index in [9.17, 15) is 4.79 Å². The van der Waals surface area contributed by atoms with Crippen molar-refractivity contribution in [3.05, 3.63) is 41.7 Å². The highest BCUT2D eigenvalue weighted by Crippen LogP contribution is 2.54. The van der Waals surface area contributed by atoms with Crippen LogP contribution >= 0.6 is 23.5 Å². The van der Waals surface area contributed by atoms with Crippen LogP contribution in [0.4, 0.5) is 5.69 Å². The molecule has 0 radical (unpaired) electrons. The van der Waals surface area contributed by atoms with Crippen molar-refractivity contribution >= 4 is 35.1 Å². The minimum Gasteiger partial charge on any atom is -0.325 e. The second kappa shape index (κ2) is 9.31. The zero-order valence-electron chi connectivity index (χ0n) is 18.2. The van der Waals surface area contributed by atoms with E-state index in [0.29, 0.717) is 17.1 Å². The number of anilines is 1. The van der Waals surface area contributed by atoms with E-state index in [0.717, 1.165) is 28.1 Å². The molecule has 4 nitrogen and oxygen atoms in total. The molecule has 160 valence electrons. The van der Waals surface area contributed by atoms with E-state index in [1.165, 1.54) is 30.4 Å². The van der Waals surface area contributed by atoms with E-state index in [-0.39, 0.29) is 11.2 Å². The van der Waals surface area contributed by atoms with Crippen molar-refractivity contribution in [3.8, 4) is 0 Å². The van der Waals surface area contributed by atoms with Crippen LogP contribution in [-0.4, -0.2) is 26.4 Å². The Balaban J connectivity index is 1.53. The van der Waals surface area contributed by atoms with Crippen LogP contribution in [0.2, 0.25) is 0 Å². The minimum absolute atomic E-state index is 0.0578. The standard InChI is InChI=1S/C24H31N3OS2/c1-5-19(22(28)27-18-9-7-6-8-16(18)14(2)3)29-23-21-17-11-10-15(4)12-20(17)30-24(21)26-13-25-23/h6-9,13-15,17,19-20H,5,10-12H2,1-4H3,(H,27,28). The molecule has 6 heteroatoms. The van der Waals surface area contributed by atoms with Crippen molar-refractivity contribution in [2.75, 3.05) is 5.32 Å². The average Bonchev–Trinajstić information content (AvgIpc) is 3.10. The fourth-order valence-corrected chi connectivity index (χ4v) is 7.37. The highest BCUT2D eigenvalue weighted by Gasteiger charge is 2.40. The first-order chi connectivity index (χ1) is 14.5. The summed E-state index contributed by atoms with van der Waals surface area (Å²) in [6.45, 7) is 8.74. The van der Waals surface area contributed by atoms with Gasteiger partial charge in [0.2, 0.25) is 5.91 Å². The molecule has 1 N–H and O–H groups in total. The lowest BCUT2D eigenvalue weighted by Crippen LogP contribution is -2.26. The number of nitrogens with zero attached hydrogens (tertiary/aromatic N) is 2. The molecule has 2 heterocycles. The molecule has 0 saturated heterocycles. The molecule has 2 aliphatic rings. The molecule has 1 aromatic carbocycles. The van der Waals surface area contributed by atoms with Gasteiger partial charge in [-0.05, 0) is 42.7 Å². The first-order valence-electron chi connectivity index (χ1n) is 11.1. The third-order valence-corrected chi connectivity index (χ3v) is 9.01. The quantitative estimate of drug-likeness (QED) is 0.410. The molecule has 4 unspecified atom stereocenters. The number of benzene rings is 1. The van der Waals surface area contributed by atoms with Gasteiger partial charge in [-0.2, -0.15) is 0 Å². The van der Waals surface area contributed by atoms with E-state index >= 15 is 0 Å². The Bertz CT molecular complexity index is 917. The molecule has 4 rings (SSSR count). The summed E-state index contributed by atoms with van der Waals surface area (Å²) in [4.78, 5) is 22.4. The third-order valence-electron chi connectivity index (χ3n) is 6.26. The second-order valence-corrected chi connectivity index (χ2v) is 11.2. The van der Waals surface area contributed by atoms with Gasteiger partial charge in [-0.1, -0.05) is 64.1 Å². The minimum atomic E-state index is -0.171. The maximum absolute atomic E-state index is 13.2. The summed E-state index contributed by atoms with van der Waals surface area (Å²) >= 11 is 3.54. The number of nitrogens with one attached hydrogen (secondary N) is 1. The monoisotopic (exact) mass is 441 g/mol. The second-order valence-electron chi connectivity index (χ2n) is 8.82. The van der Waals surface area contributed by atoms with Crippen molar-refractivity contribution in [2.24, 2.45) is 5.92 Å². The largest absolute Gasteiger partial charge is 0.325 e. The molecule has 30 heavy (non-hydrogen) atoms. The number of para-hydroxylation sites is 1. The lowest BCUT2D eigenvalue weighted by atomic mass is 9.80. The molecule has 0 spiro atoms. The lowest BCUT2D eigenvalue weighted by Gasteiger charge is -2.29. The van der Waals surface area contributed by atoms with E-state index < -0.39 is 0 Å². The van der Waals surface area contributed by atoms with Crippen molar-refractivity contribution in [2.45, 2.75) is 85.8 Å². The molecule has 0 bridgehead atoms. The van der Waals surface area contributed by atoms with Gasteiger partial charge in [0.05, 0.1) is 5.25 Å². The van der Waals surface area contributed by atoms with Gasteiger partial charge in [-0.3, -0.25) is 4.79 Å². The highest BCUT2D eigenvalue weighted by atomic mass is 32.2. The number of thioether (sulfide) groups is 2. The summed E-state index contributed by atoms with van der Waals surface area (Å²) in [5.41, 5.74) is 3.39. The van der Waals surface area contributed by atoms with Crippen molar-refractivity contribution < 1.29 is 4.79 Å². The Morgan fingerprint density at radius 3 is 2.83 bits per heavy atom. The number of carbonyl (C=O) groups is 1. The van der Waals surface area contributed by atoms with Gasteiger partial charge in [0, 0.05) is 22.4 Å². The van der Waals surface area contributed by atoms with E-state index in [1.54, 1.807) is 18.1 Å². The fourth-order valence-electron chi connectivity index (χ4n) is 4.59. The first kappa shape index (κ1) is 21.7. The van der Waals surface area contributed by atoms with Crippen LogP contribution in [0.15, 0.2) is 40.6 Å². The van der Waals surface area contributed by atoms with Crippen molar-refractivity contribution in [3.63, 3.8) is 0 Å². The summed E-state index contributed by atoms with van der Waals surface area (Å²) in [5, 5.41) is 5.78. The van der Waals surface area contributed by atoms with Gasteiger partial charge in [0.15, 0.2) is 0 Å². The van der Waals surface area contributed by atoms with Crippen LogP contribution in [0.3, 0.4) is 0 Å². The molecule has 1 aliphatic carbocycles. The zero-order valence-corrected chi connectivity index (χ0v) is 19.9. The topological polar surface area (TPSA) is 54.9 Å². The van der Waals surface area contributed by atoms with Gasteiger partial charge in [-0.25, -0.2) is 9.97 Å². The summed E-state index contributed by atoms with van der Waals surface area (Å²) in [6, 6.07) is 8.10. The molecule has 1 aliphatic heterocycles. The Hall–Kier alpha value is -1.53. The summed E-state index contributed by atoms with van der Waals surface area (Å²) in [6.07, 6.45) is 6.16. The number of amides is 1. The molecular weight excluding hydrogens is 410 g/mol. The number of aromatic nitrogens is 2. The van der Waals surface area contributed by atoms with E-state index in [2.05, 4.69) is 49.0 Å². The highest BCUT2D eigenvalue weighted by molar-refractivity contribution is 8.01. The summed E-state index contributed by atoms with van der Waals surface area (Å²) in [7, 11) is 0. The molecular formula is C24H31N3OS2. The van der Waals surface area contributed by atoms with Gasteiger partial charge in [-0.15, -0.1) is 11.8 Å². The molecule has 1 fully saturated rings. The predicted octanol–water partition coefficient (Wildman–Crippen LogP) is 6.49. The number of rotatable bonds is 6. The van der Waals surface area contributed by atoms with E-state index in [1.807, 2.05) is 30.0 Å². The van der Waals surface area contributed by atoms with Crippen LogP contribution < -0.4 is 5.32 Å². The maximum atomic E-state index is 13.2. The van der Waals surface area contributed by atoms with Crippen LogP contribution in [0.1, 0.15) is 76.3 Å². The van der Waals surface area contributed by atoms with Crippen LogP contribution in [0, 0.1) is 5.92 Å². The number of hydrogen-bond donors (Lipinski definition) is 1. The fraction of sp³-hybridized carbons (Fsp3) is 0.542. The van der Waals surface area contributed by atoms with E-state index in [4.69, 9.17) is 0 Å². The SMILES string of the molecule is CCC(Sc1ncnc2c1C1CCC(C)CC1S2)C(=O)Nc1ccccc1C(C)C.